The lowest BCUT2D eigenvalue weighted by atomic mass is 10.0. The van der Waals surface area contributed by atoms with E-state index < -0.39 is 18.1 Å². The van der Waals surface area contributed by atoms with Gasteiger partial charge < -0.3 is 0 Å². The van der Waals surface area contributed by atoms with E-state index in [1.54, 1.807) is 24.3 Å². The van der Waals surface area contributed by atoms with E-state index in [4.69, 9.17) is 0 Å². The molecule has 0 unspecified atom stereocenters. The minimum absolute atomic E-state index is 0.202. The van der Waals surface area contributed by atoms with Crippen LogP contribution in [-0.4, -0.2) is 33.0 Å². The Balaban J connectivity index is 1.74. The molecule has 1 N–H and O–H groups in total. The Bertz CT molecular complexity index is 760. The van der Waals surface area contributed by atoms with Crippen LogP contribution in [-0.2, 0) is 11.2 Å². The maximum absolute atomic E-state index is 12.6. The largest absolute Gasteiger partial charge is 0.299 e. The average Bonchev–Trinajstić information content (AvgIpc) is 2.98. The van der Waals surface area contributed by atoms with Crippen LogP contribution < -0.4 is 0 Å². The van der Waals surface area contributed by atoms with E-state index in [-0.39, 0.29) is 5.91 Å². The highest BCUT2D eigenvalue weighted by atomic mass is 16.5. The number of hydrogen-bond acceptors (Lipinski definition) is 3. The van der Waals surface area contributed by atoms with Crippen molar-refractivity contribution in [3.63, 3.8) is 0 Å². The second-order valence-corrected chi connectivity index (χ2v) is 5.56. The predicted molar refractivity (Wildman–Crippen MR) is 77.9 cm³/mol. The van der Waals surface area contributed by atoms with Crippen molar-refractivity contribution in [3.8, 4) is 0 Å². The number of benzene rings is 2. The van der Waals surface area contributed by atoms with Crippen molar-refractivity contribution in [2.75, 3.05) is 0 Å². The van der Waals surface area contributed by atoms with Gasteiger partial charge in [0.15, 0.2) is 6.17 Å². The second kappa shape index (κ2) is 4.68. The minimum Gasteiger partial charge on any atom is -0.299 e. The molecule has 110 valence electrons. The minimum atomic E-state index is -0.704. The average molecular weight is 294 g/mol. The van der Waals surface area contributed by atoms with Gasteiger partial charge in [0.1, 0.15) is 6.04 Å². The molecule has 2 amide bonds. The zero-order valence-electron chi connectivity index (χ0n) is 11.7. The Morgan fingerprint density at radius 2 is 1.64 bits per heavy atom. The van der Waals surface area contributed by atoms with Gasteiger partial charge in [0.05, 0.1) is 0 Å². The van der Waals surface area contributed by atoms with Gasteiger partial charge in [-0.3, -0.25) is 19.7 Å². The number of carbonyl (C=O) groups is 2. The van der Waals surface area contributed by atoms with Crippen LogP contribution in [0.25, 0.3) is 0 Å². The third-order valence-corrected chi connectivity index (χ3v) is 4.32. The molecule has 2 atom stereocenters. The van der Waals surface area contributed by atoms with Gasteiger partial charge in [-0.15, -0.1) is 0 Å². The molecule has 2 aromatic rings. The van der Waals surface area contributed by atoms with Crippen molar-refractivity contribution in [1.29, 1.82) is 0 Å². The van der Waals surface area contributed by atoms with Crippen molar-refractivity contribution in [1.82, 2.24) is 9.96 Å². The summed E-state index contributed by atoms with van der Waals surface area (Å²) >= 11 is 0. The number of amides is 2. The van der Waals surface area contributed by atoms with Gasteiger partial charge in [-0.1, -0.05) is 48.5 Å². The highest BCUT2D eigenvalue weighted by Crippen LogP contribution is 2.42. The molecule has 0 radical (unpaired) electrons. The molecule has 2 aliphatic rings. The number of hydroxylamine groups is 2. The Morgan fingerprint density at radius 3 is 2.41 bits per heavy atom. The molecule has 2 aliphatic heterocycles. The third kappa shape index (κ3) is 1.69. The van der Waals surface area contributed by atoms with Crippen LogP contribution in [0.2, 0.25) is 0 Å². The second-order valence-electron chi connectivity index (χ2n) is 5.56. The van der Waals surface area contributed by atoms with Crippen molar-refractivity contribution < 1.29 is 14.8 Å². The summed E-state index contributed by atoms with van der Waals surface area (Å²) in [5.41, 5.74) is 2.19. The maximum Gasteiger partial charge on any atom is 0.271 e. The lowest BCUT2D eigenvalue weighted by Gasteiger charge is -2.21. The zero-order valence-corrected chi connectivity index (χ0v) is 11.7. The van der Waals surface area contributed by atoms with Crippen molar-refractivity contribution in [2.45, 2.75) is 18.6 Å². The van der Waals surface area contributed by atoms with Crippen LogP contribution in [0.5, 0.6) is 0 Å². The number of nitrogens with zero attached hydrogens (tertiary/aromatic N) is 2. The molecular weight excluding hydrogens is 280 g/mol. The smallest absolute Gasteiger partial charge is 0.271 e. The maximum atomic E-state index is 12.6. The van der Waals surface area contributed by atoms with Crippen LogP contribution in [0.1, 0.15) is 27.7 Å². The SMILES string of the molecule is O=C1[C@H](Cc2ccccc2)N2C(=O)c3ccccc3[C@H]2N1O. The van der Waals surface area contributed by atoms with Gasteiger partial charge in [-0.2, -0.15) is 5.06 Å². The highest BCUT2D eigenvalue weighted by Gasteiger charge is 2.54. The molecule has 0 bridgehead atoms. The molecular formula is C17H14N2O3. The Kier molecular flexibility index (Phi) is 2.77. The number of hydrogen-bond donors (Lipinski definition) is 1. The summed E-state index contributed by atoms with van der Waals surface area (Å²) < 4.78 is 0. The third-order valence-electron chi connectivity index (χ3n) is 4.32. The number of fused-ring (bicyclic) bond motifs is 3. The summed E-state index contributed by atoms with van der Waals surface area (Å²) in [4.78, 5) is 26.5. The first kappa shape index (κ1) is 13.0. The van der Waals surface area contributed by atoms with E-state index in [1.807, 2.05) is 30.3 Å². The lowest BCUT2D eigenvalue weighted by Crippen LogP contribution is -2.37. The van der Waals surface area contributed by atoms with Gasteiger partial charge in [-0.05, 0) is 11.6 Å². The molecule has 0 spiro atoms. The van der Waals surface area contributed by atoms with E-state index in [9.17, 15) is 14.8 Å². The summed E-state index contributed by atoms with van der Waals surface area (Å²) in [6.07, 6.45) is -0.308. The summed E-state index contributed by atoms with van der Waals surface area (Å²) in [5, 5.41) is 10.9. The van der Waals surface area contributed by atoms with Gasteiger partial charge in [-0.25, -0.2) is 0 Å². The Labute approximate surface area is 127 Å². The molecule has 0 aromatic heterocycles. The summed E-state index contributed by atoms with van der Waals surface area (Å²) in [5.74, 6) is -0.636. The van der Waals surface area contributed by atoms with E-state index in [1.165, 1.54) is 4.90 Å². The molecule has 2 heterocycles. The molecule has 22 heavy (non-hydrogen) atoms. The first-order valence-corrected chi connectivity index (χ1v) is 7.16. The summed E-state index contributed by atoms with van der Waals surface area (Å²) in [6, 6.07) is 15.9. The fourth-order valence-corrected chi connectivity index (χ4v) is 3.29. The molecule has 0 saturated carbocycles. The molecule has 0 aliphatic carbocycles. The molecule has 4 rings (SSSR count). The number of rotatable bonds is 2. The first-order chi connectivity index (χ1) is 10.7. The van der Waals surface area contributed by atoms with Crippen LogP contribution in [0.3, 0.4) is 0 Å². The summed E-state index contributed by atoms with van der Waals surface area (Å²) in [6.45, 7) is 0. The van der Waals surface area contributed by atoms with Crippen molar-refractivity contribution in [3.05, 3.63) is 71.3 Å². The first-order valence-electron chi connectivity index (χ1n) is 7.16. The molecule has 5 nitrogen and oxygen atoms in total. The quantitative estimate of drug-likeness (QED) is 0.862. The predicted octanol–water partition coefficient (Wildman–Crippen LogP) is 1.98. The van der Waals surface area contributed by atoms with Crippen LogP contribution in [0, 0.1) is 0 Å². The fraction of sp³-hybridized carbons (Fsp3) is 0.176. The van der Waals surface area contributed by atoms with Crippen LogP contribution in [0.4, 0.5) is 0 Å². The monoisotopic (exact) mass is 294 g/mol. The standard InChI is InChI=1S/C17H14N2O3/c20-16-13-9-5-4-8-12(13)15-18(16)14(17(21)19(15)22)10-11-6-2-1-3-7-11/h1-9,14-15,22H,10H2/t14-,15+/m0/s1. The Hall–Kier alpha value is -2.66. The van der Waals surface area contributed by atoms with E-state index in [0.29, 0.717) is 22.6 Å². The van der Waals surface area contributed by atoms with Crippen LogP contribution in [0.15, 0.2) is 54.6 Å². The van der Waals surface area contributed by atoms with Crippen LogP contribution >= 0.6 is 0 Å². The van der Waals surface area contributed by atoms with Gasteiger partial charge >= 0.3 is 0 Å². The van der Waals surface area contributed by atoms with E-state index in [2.05, 4.69) is 0 Å². The fourth-order valence-electron chi connectivity index (χ4n) is 3.29. The molecule has 1 fully saturated rings. The number of carbonyl (C=O) groups excluding carboxylic acids is 2. The van der Waals surface area contributed by atoms with Gasteiger partial charge in [0.2, 0.25) is 0 Å². The lowest BCUT2D eigenvalue weighted by molar-refractivity contribution is -0.168. The van der Waals surface area contributed by atoms with E-state index in [0.717, 1.165) is 5.56 Å². The summed E-state index contributed by atoms with van der Waals surface area (Å²) in [7, 11) is 0. The zero-order chi connectivity index (χ0) is 15.3. The molecule has 5 heteroatoms. The molecule has 1 saturated heterocycles. The van der Waals surface area contributed by atoms with Gasteiger partial charge in [0.25, 0.3) is 11.8 Å². The van der Waals surface area contributed by atoms with Gasteiger partial charge in [0, 0.05) is 17.5 Å². The Morgan fingerprint density at radius 1 is 0.955 bits per heavy atom. The van der Waals surface area contributed by atoms with E-state index >= 15 is 0 Å². The van der Waals surface area contributed by atoms with Crippen molar-refractivity contribution >= 4 is 11.8 Å². The normalized spacial score (nSPS) is 23.0. The molecule has 2 aromatic carbocycles. The van der Waals surface area contributed by atoms with Crippen molar-refractivity contribution in [2.24, 2.45) is 0 Å². The highest BCUT2D eigenvalue weighted by molar-refractivity contribution is 6.04. The topological polar surface area (TPSA) is 60.9 Å².